The van der Waals surface area contributed by atoms with Crippen molar-refractivity contribution in [2.24, 2.45) is 40.4 Å². The quantitative estimate of drug-likeness (QED) is 0.313. The normalized spacial score (nSPS) is 59.0. The van der Waals surface area contributed by atoms with Crippen molar-refractivity contribution in [3.63, 3.8) is 0 Å². The van der Waals surface area contributed by atoms with E-state index in [0.29, 0.717) is 30.3 Å². The molecule has 0 aromatic rings. The van der Waals surface area contributed by atoms with Gasteiger partial charge in [0.1, 0.15) is 30.0 Å². The fourth-order valence-corrected chi connectivity index (χ4v) is 11.1. The Morgan fingerprint density at radius 2 is 1.76 bits per heavy atom. The first kappa shape index (κ1) is 30.1. The zero-order chi connectivity index (χ0) is 29.8. The van der Waals surface area contributed by atoms with Crippen LogP contribution in [0.2, 0.25) is 0 Å². The molecule has 16 unspecified atom stereocenters. The van der Waals surface area contributed by atoms with Gasteiger partial charge in [-0.15, -0.1) is 0 Å². The summed E-state index contributed by atoms with van der Waals surface area (Å²) in [6.07, 6.45) is 4.17. The van der Waals surface area contributed by atoms with Crippen LogP contribution in [0.3, 0.4) is 0 Å². The highest BCUT2D eigenvalue weighted by atomic mass is 16.7. The van der Waals surface area contributed by atoms with Crippen molar-refractivity contribution in [3.05, 3.63) is 11.6 Å². The number of hydrogen-bond donors (Lipinski definition) is 5. The van der Waals surface area contributed by atoms with Gasteiger partial charge in [0.25, 0.3) is 0 Å². The van der Waals surface area contributed by atoms with Gasteiger partial charge in [-0.25, -0.2) is 0 Å². The van der Waals surface area contributed by atoms with Gasteiger partial charge in [0.2, 0.25) is 0 Å². The number of allylic oxidation sites excluding steroid dienone is 1. The number of ether oxygens (including phenoxy) is 4. The molecule has 6 fully saturated rings. The van der Waals surface area contributed by atoms with E-state index in [4.69, 9.17) is 18.9 Å². The van der Waals surface area contributed by atoms with E-state index in [1.165, 1.54) is 5.57 Å². The molecule has 3 heterocycles. The van der Waals surface area contributed by atoms with Crippen LogP contribution in [0.5, 0.6) is 0 Å². The summed E-state index contributed by atoms with van der Waals surface area (Å²) in [4.78, 5) is 0. The molecule has 3 aliphatic heterocycles. The number of hydrogen-bond acceptors (Lipinski definition) is 9. The largest absolute Gasteiger partial charge is 0.394 e. The molecule has 7 aliphatic rings. The van der Waals surface area contributed by atoms with E-state index in [9.17, 15) is 25.5 Å². The Labute approximate surface area is 249 Å². The summed E-state index contributed by atoms with van der Waals surface area (Å²) in [5.74, 6) is 1.24. The van der Waals surface area contributed by atoms with Crippen LogP contribution in [-0.2, 0) is 18.9 Å². The van der Waals surface area contributed by atoms with Crippen LogP contribution >= 0.6 is 0 Å². The molecular formula is C33H52O9. The van der Waals surface area contributed by atoms with Crippen molar-refractivity contribution in [2.45, 2.75) is 140 Å². The summed E-state index contributed by atoms with van der Waals surface area (Å²) >= 11 is 0. The lowest BCUT2D eigenvalue weighted by molar-refractivity contribution is -0.313. The molecule has 0 aromatic heterocycles. The number of fused-ring (bicyclic) bond motifs is 7. The van der Waals surface area contributed by atoms with Crippen LogP contribution in [0.15, 0.2) is 11.6 Å². The molecule has 5 N–H and O–H groups in total. The molecule has 1 spiro atoms. The molecule has 16 atom stereocenters. The van der Waals surface area contributed by atoms with E-state index >= 15 is 0 Å². The van der Waals surface area contributed by atoms with E-state index in [1.54, 1.807) is 0 Å². The molecule has 238 valence electrons. The molecule has 3 saturated heterocycles. The summed E-state index contributed by atoms with van der Waals surface area (Å²) < 4.78 is 25.0. The first-order valence-electron chi connectivity index (χ1n) is 16.6. The van der Waals surface area contributed by atoms with Crippen LogP contribution in [0.25, 0.3) is 0 Å². The Balaban J connectivity index is 1.07. The maximum absolute atomic E-state index is 12.6. The van der Waals surface area contributed by atoms with E-state index in [0.717, 1.165) is 57.8 Å². The lowest BCUT2D eigenvalue weighted by Gasteiger charge is -2.60. The minimum atomic E-state index is -1.43. The minimum Gasteiger partial charge on any atom is -0.394 e. The van der Waals surface area contributed by atoms with Crippen molar-refractivity contribution in [1.29, 1.82) is 0 Å². The highest BCUT2D eigenvalue weighted by Gasteiger charge is 2.76. The molecule has 9 heteroatoms. The SMILES string of the molecule is CC1CCC2(OC1)OC1CC3C4CC=C5CC(OC6OC(CO)C(O)C(O)C6O)CCC5(C)C4CCC3(C)C1(O)C2C. The van der Waals surface area contributed by atoms with Gasteiger partial charge in [0.05, 0.1) is 25.4 Å². The smallest absolute Gasteiger partial charge is 0.186 e. The van der Waals surface area contributed by atoms with Crippen molar-refractivity contribution in [3.8, 4) is 0 Å². The average molecular weight is 593 g/mol. The van der Waals surface area contributed by atoms with Gasteiger partial charge in [0, 0.05) is 17.8 Å². The highest BCUT2D eigenvalue weighted by molar-refractivity contribution is 5.29. The van der Waals surface area contributed by atoms with Crippen molar-refractivity contribution in [2.75, 3.05) is 13.2 Å². The number of aliphatic hydroxyl groups excluding tert-OH is 4. The van der Waals surface area contributed by atoms with Crippen molar-refractivity contribution < 1.29 is 44.5 Å². The molecule has 3 saturated carbocycles. The molecule has 42 heavy (non-hydrogen) atoms. The number of rotatable bonds is 3. The maximum Gasteiger partial charge on any atom is 0.186 e. The number of aliphatic hydroxyl groups is 5. The summed E-state index contributed by atoms with van der Waals surface area (Å²) in [6.45, 7) is 9.39. The van der Waals surface area contributed by atoms with Crippen LogP contribution < -0.4 is 0 Å². The molecule has 0 aromatic carbocycles. The molecule has 0 bridgehead atoms. The summed E-state index contributed by atoms with van der Waals surface area (Å²) in [5, 5.41) is 53.0. The third-order valence-corrected chi connectivity index (χ3v) is 13.8. The summed E-state index contributed by atoms with van der Waals surface area (Å²) in [6, 6.07) is 0. The van der Waals surface area contributed by atoms with Gasteiger partial charge in [-0.3, -0.25) is 0 Å². The molecule has 7 rings (SSSR count). The molecule has 4 aliphatic carbocycles. The first-order chi connectivity index (χ1) is 19.9. The van der Waals surface area contributed by atoms with E-state index in [2.05, 4.69) is 33.8 Å². The predicted molar refractivity (Wildman–Crippen MR) is 152 cm³/mol. The third kappa shape index (κ3) is 4.00. The fourth-order valence-electron chi connectivity index (χ4n) is 11.1. The predicted octanol–water partition coefficient (Wildman–Crippen LogP) is 2.65. The lowest BCUT2D eigenvalue weighted by atomic mass is 9.46. The van der Waals surface area contributed by atoms with Crippen LogP contribution in [-0.4, -0.2) is 93.0 Å². The standard InChI is InChI=1S/C33H52O9/c1-17-7-12-32(39-16-17)18(2)33(38)25(42-32)14-23-21-6-5-19-13-20(8-10-30(19,3)22(21)9-11-31(23,33)4)40-29-28(37)27(36)26(35)24(15-34)41-29/h5,17-18,20-29,34-38H,6-16H2,1-4H3. The van der Waals surface area contributed by atoms with Gasteiger partial charge >= 0.3 is 0 Å². The van der Waals surface area contributed by atoms with Crippen molar-refractivity contribution >= 4 is 0 Å². The Hall–Kier alpha value is -0.620. The summed E-state index contributed by atoms with van der Waals surface area (Å²) in [5.41, 5.74) is 0.360. The van der Waals surface area contributed by atoms with Crippen LogP contribution in [0.1, 0.15) is 85.5 Å². The Kier molecular flexibility index (Phi) is 7.29. The average Bonchev–Trinajstić information content (AvgIpc) is 3.33. The zero-order valence-electron chi connectivity index (χ0n) is 25.7. The van der Waals surface area contributed by atoms with Crippen LogP contribution in [0.4, 0.5) is 0 Å². The minimum absolute atomic E-state index is 0.0517. The van der Waals surface area contributed by atoms with Gasteiger partial charge < -0.3 is 44.5 Å². The topological polar surface area (TPSA) is 138 Å². The van der Waals surface area contributed by atoms with E-state index in [1.807, 2.05) is 0 Å². The second-order valence-corrected chi connectivity index (χ2v) is 15.6. The lowest BCUT2D eigenvalue weighted by Crippen LogP contribution is -2.60. The fraction of sp³-hybridized carbons (Fsp3) is 0.939. The van der Waals surface area contributed by atoms with Gasteiger partial charge in [-0.1, -0.05) is 39.3 Å². The molecule has 0 amide bonds. The van der Waals surface area contributed by atoms with Crippen LogP contribution in [0, 0.1) is 40.4 Å². The molecule has 0 radical (unpaired) electrons. The Morgan fingerprint density at radius 1 is 0.976 bits per heavy atom. The molecular weight excluding hydrogens is 540 g/mol. The highest BCUT2D eigenvalue weighted by Crippen LogP contribution is 2.72. The Morgan fingerprint density at radius 3 is 2.48 bits per heavy atom. The molecule has 9 nitrogen and oxygen atoms in total. The van der Waals surface area contributed by atoms with E-state index < -0.39 is 48.7 Å². The van der Waals surface area contributed by atoms with Gasteiger partial charge in [-0.2, -0.15) is 0 Å². The Bertz CT molecular complexity index is 1070. The van der Waals surface area contributed by atoms with Gasteiger partial charge in [0.15, 0.2) is 12.1 Å². The second kappa shape index (κ2) is 10.2. The zero-order valence-corrected chi connectivity index (χ0v) is 25.7. The first-order valence-corrected chi connectivity index (χ1v) is 16.6. The van der Waals surface area contributed by atoms with Crippen molar-refractivity contribution in [1.82, 2.24) is 0 Å². The second-order valence-electron chi connectivity index (χ2n) is 15.6. The monoisotopic (exact) mass is 592 g/mol. The van der Waals surface area contributed by atoms with Gasteiger partial charge in [-0.05, 0) is 80.5 Å². The summed E-state index contributed by atoms with van der Waals surface area (Å²) in [7, 11) is 0. The van der Waals surface area contributed by atoms with E-state index in [-0.39, 0.29) is 29.0 Å². The maximum atomic E-state index is 12.6. The third-order valence-electron chi connectivity index (χ3n) is 13.8.